The lowest BCUT2D eigenvalue weighted by Crippen LogP contribution is -2.52. The molecule has 3 unspecified atom stereocenters. The van der Waals surface area contributed by atoms with Gasteiger partial charge in [-0.25, -0.2) is 9.36 Å². The van der Waals surface area contributed by atoms with Crippen molar-refractivity contribution >= 4 is 49.0 Å². The van der Waals surface area contributed by atoms with E-state index in [1.54, 1.807) is 54.7 Å². The number of hydrogen-bond acceptors (Lipinski definition) is 9. The first-order valence-electron chi connectivity index (χ1n) is 15.9. The third kappa shape index (κ3) is 10.2. The van der Waals surface area contributed by atoms with E-state index in [1.807, 2.05) is 81.0 Å². The van der Waals surface area contributed by atoms with Crippen LogP contribution in [0.2, 0.25) is 0 Å². The predicted octanol–water partition coefficient (Wildman–Crippen LogP) is 7.43. The first-order valence-corrected chi connectivity index (χ1v) is 19.9. The van der Waals surface area contributed by atoms with Crippen LogP contribution in [0.5, 0.6) is 11.5 Å². The summed E-state index contributed by atoms with van der Waals surface area (Å²) in [6.07, 6.45) is 4.36. The second-order valence-corrected chi connectivity index (χ2v) is 15.6. The van der Waals surface area contributed by atoms with Crippen molar-refractivity contribution in [3.05, 3.63) is 84.4 Å². The number of rotatable bonds is 15. The van der Waals surface area contributed by atoms with Crippen molar-refractivity contribution in [3.8, 4) is 11.5 Å². The molecule has 13 heteroatoms. The van der Waals surface area contributed by atoms with Gasteiger partial charge < -0.3 is 29.3 Å². The number of amides is 3. The molecule has 1 aliphatic rings. The lowest BCUT2D eigenvalue weighted by Gasteiger charge is -2.33. The van der Waals surface area contributed by atoms with Gasteiger partial charge in [0.15, 0.2) is 5.78 Å². The summed E-state index contributed by atoms with van der Waals surface area (Å²) in [5.74, 6) is -2.00. The van der Waals surface area contributed by atoms with Gasteiger partial charge in [-0.05, 0) is 85.4 Å². The molecule has 3 amide bonds. The van der Waals surface area contributed by atoms with Gasteiger partial charge in [-0.15, -0.1) is 23.5 Å². The molecule has 1 heterocycles. The van der Waals surface area contributed by atoms with Crippen molar-refractivity contribution in [2.45, 2.75) is 61.8 Å². The molecule has 3 atom stereocenters. The number of hydrogen-bond donors (Lipinski definition) is 2. The largest absolute Gasteiger partial charge is 0.453 e. The summed E-state index contributed by atoms with van der Waals surface area (Å²) in [4.78, 5) is 43.2. The maximum Gasteiger partial charge on any atom is 0.453 e. The molecule has 0 bridgehead atoms. The van der Waals surface area contributed by atoms with E-state index in [-0.39, 0.29) is 25.0 Å². The molecule has 1 aliphatic heterocycles. The second-order valence-electron chi connectivity index (χ2n) is 11.8. The third-order valence-electron chi connectivity index (χ3n) is 7.87. The Balaban J connectivity index is 1.45. The summed E-state index contributed by atoms with van der Waals surface area (Å²) in [6.45, 7) is 5.92. The minimum absolute atomic E-state index is 0.0491. The van der Waals surface area contributed by atoms with Gasteiger partial charge in [-0.1, -0.05) is 51.1 Å². The molecule has 10 nitrogen and oxygen atoms in total. The lowest BCUT2D eigenvalue weighted by atomic mass is 10.1. The van der Waals surface area contributed by atoms with Crippen LogP contribution in [0.1, 0.15) is 39.2 Å². The maximum absolute atomic E-state index is 14.8. The van der Waals surface area contributed by atoms with E-state index < -0.39 is 37.3 Å². The molecular weight excluding hydrogens is 670 g/mol. The number of benzene rings is 3. The third-order valence-corrected chi connectivity index (χ3v) is 11.7. The lowest BCUT2D eigenvalue weighted by molar-refractivity contribution is -0.141. The van der Waals surface area contributed by atoms with Crippen molar-refractivity contribution in [2.24, 2.45) is 11.8 Å². The zero-order valence-corrected chi connectivity index (χ0v) is 30.4. The molecule has 0 saturated carbocycles. The van der Waals surface area contributed by atoms with Gasteiger partial charge in [-0.3, -0.25) is 9.59 Å². The van der Waals surface area contributed by atoms with Crippen LogP contribution in [0.3, 0.4) is 0 Å². The molecule has 3 aromatic carbocycles. The second kappa shape index (κ2) is 17.7. The standard InChI is InChI=1S/C35H44N3O7PS2/c1-24(2)33(46(42,44-27-13-17-29(47-4)18-14-27)45-28-15-19-30(48-5)20-16-28)37-32(39)31-12-9-21-38(31)34(40)25(3)22-36-35(41)43-23-26-10-7-6-8-11-26/h6-8,10-11,13-20,24-25,31,33H,9,12,21-23H2,1-5H3,(H,36,41)(H,37,39). The smallest absolute Gasteiger partial charge is 0.445 e. The van der Waals surface area contributed by atoms with E-state index >= 15 is 0 Å². The van der Waals surface area contributed by atoms with Gasteiger partial charge in [0, 0.05) is 22.9 Å². The molecule has 4 rings (SSSR count). The number of likely N-dealkylation sites (tertiary alicyclic amines) is 1. The van der Waals surface area contributed by atoms with E-state index in [0.717, 1.165) is 15.4 Å². The summed E-state index contributed by atoms with van der Waals surface area (Å²) < 4.78 is 32.3. The van der Waals surface area contributed by atoms with Crippen LogP contribution < -0.4 is 19.7 Å². The first kappa shape index (κ1) is 37.2. The van der Waals surface area contributed by atoms with Crippen LogP contribution in [-0.2, 0) is 25.5 Å². The zero-order chi connectivity index (χ0) is 34.7. The molecule has 0 spiro atoms. The highest BCUT2D eigenvalue weighted by Crippen LogP contribution is 2.54. The average molecular weight is 714 g/mol. The van der Waals surface area contributed by atoms with E-state index in [0.29, 0.717) is 30.9 Å². The molecular formula is C35H44N3O7PS2. The van der Waals surface area contributed by atoms with Gasteiger partial charge in [-0.2, -0.15) is 0 Å². The van der Waals surface area contributed by atoms with Crippen LogP contribution in [0.25, 0.3) is 0 Å². The molecule has 1 saturated heterocycles. The minimum atomic E-state index is -4.09. The van der Waals surface area contributed by atoms with E-state index in [1.165, 1.54) is 4.90 Å². The number of nitrogens with zero attached hydrogens (tertiary/aromatic N) is 1. The van der Waals surface area contributed by atoms with Crippen LogP contribution >= 0.6 is 31.1 Å². The summed E-state index contributed by atoms with van der Waals surface area (Å²) in [5.41, 5.74) is 0.852. The van der Waals surface area contributed by atoms with Crippen LogP contribution in [0, 0.1) is 11.8 Å². The zero-order valence-electron chi connectivity index (χ0n) is 27.9. The minimum Gasteiger partial charge on any atom is -0.445 e. The topological polar surface area (TPSA) is 123 Å². The summed E-state index contributed by atoms with van der Waals surface area (Å²) >= 11 is 3.14. The monoisotopic (exact) mass is 713 g/mol. The Morgan fingerprint density at radius 2 is 1.44 bits per heavy atom. The highest BCUT2D eigenvalue weighted by molar-refractivity contribution is 7.98. The number of carbonyl (C=O) groups excluding carboxylic acids is 3. The number of carbonyl (C=O) groups is 3. The van der Waals surface area contributed by atoms with Gasteiger partial charge >= 0.3 is 13.7 Å². The van der Waals surface area contributed by atoms with Gasteiger partial charge in [0.05, 0.1) is 5.92 Å². The fraction of sp³-hybridized carbons (Fsp3) is 0.400. The Morgan fingerprint density at radius 3 is 1.96 bits per heavy atom. The Kier molecular flexibility index (Phi) is 13.7. The molecule has 0 aromatic heterocycles. The predicted molar refractivity (Wildman–Crippen MR) is 191 cm³/mol. The molecule has 2 N–H and O–H groups in total. The van der Waals surface area contributed by atoms with Gasteiger partial charge in [0.2, 0.25) is 11.8 Å². The number of ether oxygens (including phenoxy) is 1. The van der Waals surface area contributed by atoms with E-state index in [4.69, 9.17) is 13.8 Å². The fourth-order valence-corrected chi connectivity index (χ4v) is 8.16. The highest BCUT2D eigenvalue weighted by atomic mass is 32.2. The van der Waals surface area contributed by atoms with Crippen molar-refractivity contribution in [1.82, 2.24) is 15.5 Å². The van der Waals surface area contributed by atoms with Crippen LogP contribution in [0.4, 0.5) is 4.79 Å². The molecule has 48 heavy (non-hydrogen) atoms. The number of thioether (sulfide) groups is 2. The molecule has 0 aliphatic carbocycles. The van der Waals surface area contributed by atoms with Gasteiger partial charge in [0.25, 0.3) is 0 Å². The molecule has 1 fully saturated rings. The summed E-state index contributed by atoms with van der Waals surface area (Å²) in [7, 11) is -4.09. The molecule has 3 aromatic rings. The van der Waals surface area contributed by atoms with E-state index in [9.17, 15) is 18.9 Å². The van der Waals surface area contributed by atoms with Crippen LogP contribution in [0.15, 0.2) is 88.7 Å². The van der Waals surface area contributed by atoms with Crippen molar-refractivity contribution in [2.75, 3.05) is 25.6 Å². The quantitative estimate of drug-likeness (QED) is 0.122. The Morgan fingerprint density at radius 1 is 0.875 bits per heavy atom. The highest BCUT2D eigenvalue weighted by Gasteiger charge is 2.45. The Hall–Kier alpha value is -3.60. The summed E-state index contributed by atoms with van der Waals surface area (Å²) in [6, 6.07) is 22.9. The van der Waals surface area contributed by atoms with Gasteiger partial charge in [0.1, 0.15) is 24.1 Å². The average Bonchev–Trinajstić information content (AvgIpc) is 3.59. The maximum atomic E-state index is 14.8. The van der Waals surface area contributed by atoms with Crippen molar-refractivity contribution in [3.63, 3.8) is 0 Å². The van der Waals surface area contributed by atoms with Crippen LogP contribution in [-0.4, -0.2) is 60.2 Å². The normalized spacial score (nSPS) is 15.8. The first-order chi connectivity index (χ1) is 23.0. The fourth-order valence-electron chi connectivity index (χ4n) is 5.24. The van der Waals surface area contributed by atoms with E-state index in [2.05, 4.69) is 10.6 Å². The van der Waals surface area contributed by atoms with Crippen molar-refractivity contribution in [1.29, 1.82) is 0 Å². The number of alkyl carbamates (subject to hydrolysis) is 1. The summed E-state index contributed by atoms with van der Waals surface area (Å²) in [5, 5.41) is 5.59. The molecule has 258 valence electrons. The number of nitrogens with one attached hydrogen (secondary N) is 2. The Labute approximate surface area is 291 Å². The SMILES string of the molecule is CSc1ccc(OP(=O)(Oc2ccc(SC)cc2)C(NC(=O)C2CCCN2C(=O)C(C)CNC(=O)OCc2ccccc2)C(C)C)cc1. The van der Waals surface area contributed by atoms with Crippen molar-refractivity contribution < 1.29 is 32.7 Å². The Bertz CT molecular complexity index is 1510. The molecule has 0 radical (unpaired) electrons.